The fourth-order valence-electron chi connectivity index (χ4n) is 1.87. The van der Waals surface area contributed by atoms with Crippen molar-refractivity contribution in [2.75, 3.05) is 28.4 Å². The van der Waals surface area contributed by atoms with Gasteiger partial charge in [-0.05, 0) is 17.7 Å². The number of carbonyl (C=O) groups excluding carboxylic acids is 3. The van der Waals surface area contributed by atoms with Crippen LogP contribution in [0.3, 0.4) is 0 Å². The summed E-state index contributed by atoms with van der Waals surface area (Å²) in [5.41, 5.74) is 0.541. The average Bonchev–Trinajstić information content (AvgIpc) is 2.53. The molecule has 0 fully saturated rings. The van der Waals surface area contributed by atoms with E-state index >= 15 is 0 Å². The normalized spacial score (nSPS) is 10.0. The first-order valence-electron chi connectivity index (χ1n) is 6.37. The molecule has 0 aliphatic carbocycles. The molecule has 1 aromatic rings. The van der Waals surface area contributed by atoms with E-state index in [1.165, 1.54) is 14.2 Å². The van der Waals surface area contributed by atoms with Crippen LogP contribution >= 0.6 is 0 Å². The van der Waals surface area contributed by atoms with Gasteiger partial charge >= 0.3 is 11.9 Å². The number of carbonyl (C=O) groups is 3. The Morgan fingerprint density at radius 3 is 1.68 bits per heavy atom. The maximum Gasteiger partial charge on any atom is 0.327 e. The zero-order valence-electron chi connectivity index (χ0n) is 12.9. The molecule has 0 bridgehead atoms. The van der Waals surface area contributed by atoms with E-state index in [2.05, 4.69) is 9.47 Å². The molecule has 0 saturated heterocycles. The predicted molar refractivity (Wildman–Crippen MR) is 75.8 cm³/mol. The maximum atomic E-state index is 12.2. The Balaban J connectivity index is 3.03. The molecule has 0 radical (unpaired) electrons. The molecule has 22 heavy (non-hydrogen) atoms. The number of benzene rings is 1. The number of hydrogen-bond donors (Lipinski definition) is 0. The highest BCUT2D eigenvalue weighted by Crippen LogP contribution is 2.23. The number of Topliss-reactive ketones (excluding diaryl/α,β-unsaturated/α-hetero) is 1. The van der Waals surface area contributed by atoms with Gasteiger partial charge in [-0.1, -0.05) is 0 Å². The Kier molecular flexibility index (Phi) is 6.37. The summed E-state index contributed by atoms with van der Waals surface area (Å²) in [7, 11) is 5.15. The van der Waals surface area contributed by atoms with Crippen LogP contribution in [0, 0.1) is 5.92 Å². The van der Waals surface area contributed by atoms with E-state index in [0.29, 0.717) is 17.1 Å². The zero-order chi connectivity index (χ0) is 16.7. The molecular formula is C15H18O7. The molecule has 0 aliphatic heterocycles. The Morgan fingerprint density at radius 2 is 1.32 bits per heavy atom. The molecule has 0 N–H and O–H groups in total. The van der Waals surface area contributed by atoms with Gasteiger partial charge in [-0.15, -0.1) is 0 Å². The molecule has 0 spiro atoms. The molecule has 0 unspecified atom stereocenters. The van der Waals surface area contributed by atoms with Gasteiger partial charge in [0.15, 0.2) is 5.78 Å². The highest BCUT2D eigenvalue weighted by Gasteiger charge is 2.35. The Bertz CT molecular complexity index is 527. The summed E-state index contributed by atoms with van der Waals surface area (Å²) in [6, 6.07) is 4.88. The van der Waals surface area contributed by atoms with Crippen LogP contribution in [0.15, 0.2) is 18.2 Å². The number of hydrogen-bond acceptors (Lipinski definition) is 7. The minimum atomic E-state index is -1.60. The first-order valence-corrected chi connectivity index (χ1v) is 6.37. The van der Waals surface area contributed by atoms with Crippen molar-refractivity contribution in [3.05, 3.63) is 23.8 Å². The third-order valence-electron chi connectivity index (χ3n) is 2.99. The van der Waals surface area contributed by atoms with Crippen molar-refractivity contribution in [1.82, 2.24) is 0 Å². The number of ketones is 1. The third kappa shape index (κ3) is 4.21. The van der Waals surface area contributed by atoms with E-state index in [4.69, 9.17) is 9.47 Å². The van der Waals surface area contributed by atoms with E-state index in [9.17, 15) is 14.4 Å². The Hall–Kier alpha value is -2.57. The van der Waals surface area contributed by atoms with Crippen molar-refractivity contribution >= 4 is 17.7 Å². The predicted octanol–water partition coefficient (Wildman–Crippen LogP) is 0.778. The van der Waals surface area contributed by atoms with Gasteiger partial charge in [0, 0.05) is 12.5 Å². The zero-order valence-corrected chi connectivity index (χ0v) is 12.9. The second kappa shape index (κ2) is 8.02. The standard InChI is InChI=1S/C15H18O7/c1-19-10-5-9(6-11(8-10)20-2)7-12(16)13(14(17)21-3)15(18)22-4/h5-6,8,13H,7H2,1-4H3. The number of rotatable bonds is 7. The molecular weight excluding hydrogens is 292 g/mol. The number of esters is 2. The highest BCUT2D eigenvalue weighted by atomic mass is 16.5. The van der Waals surface area contributed by atoms with Crippen molar-refractivity contribution in [3.8, 4) is 11.5 Å². The molecule has 0 amide bonds. The van der Waals surface area contributed by atoms with Crippen LogP contribution in [0.25, 0.3) is 0 Å². The van der Waals surface area contributed by atoms with Crippen molar-refractivity contribution in [2.24, 2.45) is 5.92 Å². The summed E-state index contributed by atoms with van der Waals surface area (Å²) in [6.45, 7) is 0. The minimum Gasteiger partial charge on any atom is -0.497 e. The molecule has 0 aromatic heterocycles. The van der Waals surface area contributed by atoms with Crippen LogP contribution < -0.4 is 9.47 Å². The first kappa shape index (κ1) is 17.5. The maximum absolute atomic E-state index is 12.2. The Labute approximate surface area is 128 Å². The summed E-state index contributed by atoms with van der Waals surface area (Å²) < 4.78 is 19.2. The van der Waals surface area contributed by atoms with Gasteiger partial charge in [0.05, 0.1) is 28.4 Å². The highest BCUT2D eigenvalue weighted by molar-refractivity contribution is 6.15. The second-order valence-corrected chi connectivity index (χ2v) is 4.34. The van der Waals surface area contributed by atoms with Crippen molar-refractivity contribution in [3.63, 3.8) is 0 Å². The smallest absolute Gasteiger partial charge is 0.327 e. The molecule has 120 valence electrons. The van der Waals surface area contributed by atoms with Gasteiger partial charge in [-0.25, -0.2) is 0 Å². The van der Waals surface area contributed by atoms with Crippen LogP contribution in [0.1, 0.15) is 5.56 Å². The van der Waals surface area contributed by atoms with Gasteiger partial charge in [0.1, 0.15) is 11.5 Å². The van der Waals surface area contributed by atoms with Gasteiger partial charge in [0.2, 0.25) is 5.92 Å². The van der Waals surface area contributed by atoms with Gasteiger partial charge in [0.25, 0.3) is 0 Å². The van der Waals surface area contributed by atoms with E-state index in [0.717, 1.165) is 14.2 Å². The largest absolute Gasteiger partial charge is 0.497 e. The van der Waals surface area contributed by atoms with Gasteiger partial charge in [-0.3, -0.25) is 14.4 Å². The summed E-state index contributed by atoms with van der Waals surface area (Å²) in [5.74, 6) is -3.15. The van der Waals surface area contributed by atoms with Gasteiger partial charge < -0.3 is 18.9 Å². The first-order chi connectivity index (χ1) is 10.5. The van der Waals surface area contributed by atoms with Crippen molar-refractivity contribution in [2.45, 2.75) is 6.42 Å². The monoisotopic (exact) mass is 310 g/mol. The summed E-state index contributed by atoms with van der Waals surface area (Å²) in [5, 5.41) is 0. The van der Waals surface area contributed by atoms with E-state index < -0.39 is 23.6 Å². The van der Waals surface area contributed by atoms with Gasteiger partial charge in [-0.2, -0.15) is 0 Å². The van der Waals surface area contributed by atoms with Crippen LogP contribution in [0.5, 0.6) is 11.5 Å². The quantitative estimate of drug-likeness (QED) is 0.543. The number of ether oxygens (including phenoxy) is 4. The molecule has 1 aromatic carbocycles. The fourth-order valence-corrected chi connectivity index (χ4v) is 1.87. The van der Waals surface area contributed by atoms with Crippen LogP contribution in [-0.4, -0.2) is 46.2 Å². The van der Waals surface area contributed by atoms with Crippen LogP contribution in [0.4, 0.5) is 0 Å². The van der Waals surface area contributed by atoms with Crippen molar-refractivity contribution < 1.29 is 33.3 Å². The summed E-state index contributed by atoms with van der Waals surface area (Å²) >= 11 is 0. The lowest BCUT2D eigenvalue weighted by molar-refractivity contribution is -0.161. The second-order valence-electron chi connectivity index (χ2n) is 4.34. The minimum absolute atomic E-state index is 0.164. The summed E-state index contributed by atoms with van der Waals surface area (Å²) in [6.07, 6.45) is -0.164. The van der Waals surface area contributed by atoms with E-state index in [-0.39, 0.29) is 6.42 Å². The average molecular weight is 310 g/mol. The molecule has 7 nitrogen and oxygen atoms in total. The molecule has 0 aliphatic rings. The lowest BCUT2D eigenvalue weighted by Gasteiger charge is -2.12. The lowest BCUT2D eigenvalue weighted by Crippen LogP contribution is -2.34. The van der Waals surface area contributed by atoms with Crippen LogP contribution in [0.2, 0.25) is 0 Å². The Morgan fingerprint density at radius 1 is 0.864 bits per heavy atom. The molecule has 0 saturated carbocycles. The fraction of sp³-hybridized carbons (Fsp3) is 0.400. The third-order valence-corrected chi connectivity index (χ3v) is 2.99. The lowest BCUT2D eigenvalue weighted by atomic mass is 9.97. The topological polar surface area (TPSA) is 88.1 Å². The molecule has 0 atom stereocenters. The SMILES string of the molecule is COC(=O)C(C(=O)Cc1cc(OC)cc(OC)c1)C(=O)OC. The van der Waals surface area contributed by atoms with Crippen molar-refractivity contribution in [1.29, 1.82) is 0 Å². The molecule has 1 rings (SSSR count). The van der Waals surface area contributed by atoms with E-state index in [1.807, 2.05) is 0 Å². The summed E-state index contributed by atoms with van der Waals surface area (Å²) in [4.78, 5) is 35.4. The van der Waals surface area contributed by atoms with E-state index in [1.54, 1.807) is 18.2 Å². The molecule has 0 heterocycles. The number of methoxy groups -OCH3 is 4. The van der Waals surface area contributed by atoms with Crippen LogP contribution in [-0.2, 0) is 30.3 Å². The molecule has 7 heteroatoms.